The van der Waals surface area contributed by atoms with Gasteiger partial charge in [0.2, 0.25) is 6.54 Å². The zero-order chi connectivity index (χ0) is 15.2. The average Bonchev–Trinajstić information content (AvgIpc) is 2.48. The molecule has 1 atom stereocenters. The maximum atomic E-state index is 12.0. The molecule has 0 spiro atoms. The Morgan fingerprint density at radius 2 is 1.90 bits per heavy atom. The van der Waals surface area contributed by atoms with E-state index in [1.807, 2.05) is 37.3 Å². The minimum Gasteiger partial charge on any atom is -0.365 e. The maximum Gasteiger partial charge on any atom is 0.286 e. The van der Waals surface area contributed by atoms with Crippen LogP contribution in [0.1, 0.15) is 28.9 Å². The number of aromatic nitrogens is 1. The molecule has 0 bridgehead atoms. The summed E-state index contributed by atoms with van der Waals surface area (Å²) in [5.74, 6) is -0.639. The van der Waals surface area contributed by atoms with E-state index in [9.17, 15) is 9.59 Å². The second-order valence-electron chi connectivity index (χ2n) is 4.83. The highest BCUT2D eigenvalue weighted by Gasteiger charge is 2.14. The molecule has 3 N–H and O–H groups in total. The third-order valence-corrected chi connectivity index (χ3v) is 3.15. The van der Waals surface area contributed by atoms with Gasteiger partial charge in [-0.15, -0.1) is 0 Å². The van der Waals surface area contributed by atoms with Crippen LogP contribution in [0.15, 0.2) is 54.9 Å². The van der Waals surface area contributed by atoms with Crippen molar-refractivity contribution in [1.82, 2.24) is 5.32 Å². The van der Waals surface area contributed by atoms with Gasteiger partial charge >= 0.3 is 0 Å². The Kier molecular flexibility index (Phi) is 4.66. The van der Waals surface area contributed by atoms with Gasteiger partial charge in [-0.1, -0.05) is 30.3 Å². The summed E-state index contributed by atoms with van der Waals surface area (Å²) < 4.78 is 1.63. The van der Waals surface area contributed by atoms with E-state index in [0.29, 0.717) is 5.56 Å². The molecule has 0 radical (unpaired) electrons. The summed E-state index contributed by atoms with van der Waals surface area (Å²) in [5.41, 5.74) is 6.64. The molecule has 5 nitrogen and oxygen atoms in total. The third kappa shape index (κ3) is 4.14. The lowest BCUT2D eigenvalue weighted by atomic mass is 10.1. The number of benzene rings is 1. The van der Waals surface area contributed by atoms with Crippen LogP contribution >= 0.6 is 0 Å². The molecule has 2 aromatic rings. The van der Waals surface area contributed by atoms with Crippen LogP contribution in [0.3, 0.4) is 0 Å². The lowest BCUT2D eigenvalue weighted by Gasteiger charge is -2.12. The van der Waals surface area contributed by atoms with Crippen molar-refractivity contribution in [2.45, 2.75) is 19.5 Å². The van der Waals surface area contributed by atoms with Crippen molar-refractivity contribution >= 4 is 11.8 Å². The number of hydrogen-bond acceptors (Lipinski definition) is 2. The van der Waals surface area contributed by atoms with Crippen molar-refractivity contribution in [2.75, 3.05) is 0 Å². The van der Waals surface area contributed by atoms with Crippen LogP contribution in [0.2, 0.25) is 0 Å². The Morgan fingerprint density at radius 1 is 1.19 bits per heavy atom. The number of carbonyl (C=O) groups is 2. The fourth-order valence-electron chi connectivity index (χ4n) is 2.04. The third-order valence-electron chi connectivity index (χ3n) is 3.15. The minimum absolute atomic E-state index is 0.0707. The smallest absolute Gasteiger partial charge is 0.286 e. The van der Waals surface area contributed by atoms with Gasteiger partial charge in [0.05, 0.1) is 6.04 Å². The molecular weight excluding hydrogens is 266 g/mol. The summed E-state index contributed by atoms with van der Waals surface area (Å²) in [6, 6.07) is 13.0. The van der Waals surface area contributed by atoms with Crippen molar-refractivity contribution in [2.24, 2.45) is 5.73 Å². The van der Waals surface area contributed by atoms with Crippen LogP contribution in [-0.4, -0.2) is 11.8 Å². The first-order valence-electron chi connectivity index (χ1n) is 6.69. The zero-order valence-corrected chi connectivity index (χ0v) is 11.8. The summed E-state index contributed by atoms with van der Waals surface area (Å²) in [7, 11) is 0. The quantitative estimate of drug-likeness (QED) is 0.802. The van der Waals surface area contributed by atoms with E-state index in [1.165, 1.54) is 0 Å². The SMILES string of the molecule is CC(NC(=O)C[n+]1cccc(C(N)=O)c1)c1ccccc1. The molecule has 0 saturated carbocycles. The molecule has 0 fully saturated rings. The average molecular weight is 284 g/mol. The second-order valence-corrected chi connectivity index (χ2v) is 4.83. The Labute approximate surface area is 123 Å². The van der Waals surface area contributed by atoms with Gasteiger partial charge in [-0.2, -0.15) is 4.57 Å². The van der Waals surface area contributed by atoms with E-state index in [2.05, 4.69) is 5.32 Å². The minimum atomic E-state index is -0.512. The molecular formula is C16H18N3O2+. The molecule has 0 saturated heterocycles. The highest BCUT2D eigenvalue weighted by molar-refractivity contribution is 5.92. The van der Waals surface area contributed by atoms with Gasteiger partial charge in [0, 0.05) is 6.07 Å². The van der Waals surface area contributed by atoms with Crippen molar-refractivity contribution in [3.63, 3.8) is 0 Å². The molecule has 1 aromatic carbocycles. The Balaban J connectivity index is 1.99. The fourth-order valence-corrected chi connectivity index (χ4v) is 2.04. The van der Waals surface area contributed by atoms with Crippen LogP contribution in [-0.2, 0) is 11.3 Å². The summed E-state index contributed by atoms with van der Waals surface area (Å²) in [5, 5.41) is 2.92. The largest absolute Gasteiger partial charge is 0.365 e. The first-order chi connectivity index (χ1) is 10.1. The van der Waals surface area contributed by atoms with Gasteiger partial charge in [-0.25, -0.2) is 0 Å². The molecule has 0 aliphatic rings. The Morgan fingerprint density at radius 3 is 2.57 bits per heavy atom. The summed E-state index contributed by atoms with van der Waals surface area (Å²) >= 11 is 0. The Bertz CT molecular complexity index is 641. The number of nitrogens with two attached hydrogens (primary N) is 1. The van der Waals surface area contributed by atoms with E-state index in [-0.39, 0.29) is 18.5 Å². The first-order valence-corrected chi connectivity index (χ1v) is 6.69. The summed E-state index contributed by atoms with van der Waals surface area (Å²) in [4.78, 5) is 23.1. The van der Waals surface area contributed by atoms with Crippen LogP contribution in [0, 0.1) is 0 Å². The standard InChI is InChI=1S/C16H17N3O2/c1-12(13-6-3-2-4-7-13)18-15(20)11-19-9-5-8-14(10-19)16(17)21/h2-10,12H,11H2,1H3,(H2-,17,18,20,21)/p+1. The monoisotopic (exact) mass is 284 g/mol. The molecule has 5 heteroatoms. The number of pyridine rings is 1. The van der Waals surface area contributed by atoms with Gasteiger partial charge in [-0.3, -0.25) is 9.59 Å². The fraction of sp³-hybridized carbons (Fsp3) is 0.188. The van der Waals surface area contributed by atoms with Crippen LogP contribution < -0.4 is 15.6 Å². The van der Waals surface area contributed by atoms with Crippen LogP contribution in [0.5, 0.6) is 0 Å². The molecule has 1 heterocycles. The van der Waals surface area contributed by atoms with E-state index in [1.54, 1.807) is 29.1 Å². The van der Waals surface area contributed by atoms with Crippen molar-refractivity contribution in [1.29, 1.82) is 0 Å². The lowest BCUT2D eigenvalue weighted by molar-refractivity contribution is -0.684. The molecule has 21 heavy (non-hydrogen) atoms. The van der Waals surface area contributed by atoms with Gasteiger partial charge < -0.3 is 11.1 Å². The number of amides is 2. The molecule has 0 aliphatic carbocycles. The van der Waals surface area contributed by atoms with Crippen molar-refractivity contribution in [3.05, 3.63) is 66.0 Å². The lowest BCUT2D eigenvalue weighted by Crippen LogP contribution is -2.43. The summed E-state index contributed by atoms with van der Waals surface area (Å²) in [6.45, 7) is 2.07. The van der Waals surface area contributed by atoms with Crippen molar-refractivity contribution in [3.8, 4) is 0 Å². The molecule has 0 aliphatic heterocycles. The van der Waals surface area contributed by atoms with E-state index in [0.717, 1.165) is 5.56 Å². The topological polar surface area (TPSA) is 76.1 Å². The number of nitrogens with zero attached hydrogens (tertiary/aromatic N) is 1. The van der Waals surface area contributed by atoms with Gasteiger partial charge in [0.15, 0.2) is 12.4 Å². The number of hydrogen-bond donors (Lipinski definition) is 2. The van der Waals surface area contributed by atoms with Crippen LogP contribution in [0.4, 0.5) is 0 Å². The Hall–Kier alpha value is -2.69. The molecule has 108 valence electrons. The number of rotatable bonds is 5. The predicted octanol–water partition coefficient (Wildman–Crippen LogP) is 0.950. The zero-order valence-electron chi connectivity index (χ0n) is 11.8. The highest BCUT2D eigenvalue weighted by atomic mass is 16.2. The molecule has 2 amide bonds. The highest BCUT2D eigenvalue weighted by Crippen LogP contribution is 2.10. The predicted molar refractivity (Wildman–Crippen MR) is 78.2 cm³/mol. The van der Waals surface area contributed by atoms with Gasteiger partial charge in [-0.05, 0) is 18.6 Å². The number of nitrogens with one attached hydrogen (secondary N) is 1. The van der Waals surface area contributed by atoms with Crippen LogP contribution in [0.25, 0.3) is 0 Å². The van der Waals surface area contributed by atoms with Crippen molar-refractivity contribution < 1.29 is 14.2 Å². The first kappa shape index (κ1) is 14.7. The van der Waals surface area contributed by atoms with Gasteiger partial charge in [0.25, 0.3) is 11.8 Å². The molecule has 1 aromatic heterocycles. The normalized spacial score (nSPS) is 11.7. The van der Waals surface area contributed by atoms with E-state index < -0.39 is 5.91 Å². The molecule has 1 unspecified atom stereocenters. The summed E-state index contributed by atoms with van der Waals surface area (Å²) in [6.07, 6.45) is 3.29. The van der Waals surface area contributed by atoms with E-state index >= 15 is 0 Å². The van der Waals surface area contributed by atoms with E-state index in [4.69, 9.17) is 5.73 Å². The van der Waals surface area contributed by atoms with Gasteiger partial charge in [0.1, 0.15) is 5.56 Å². The maximum absolute atomic E-state index is 12.0. The molecule has 2 rings (SSSR count). The second kappa shape index (κ2) is 6.65. The number of primary amides is 1. The number of carbonyl (C=O) groups excluding carboxylic acids is 2.